The summed E-state index contributed by atoms with van der Waals surface area (Å²) >= 11 is 0. The van der Waals surface area contributed by atoms with Crippen molar-refractivity contribution in [2.75, 3.05) is 6.61 Å². The molecule has 1 heteroatoms. The van der Waals surface area contributed by atoms with Crippen LogP contribution >= 0.6 is 0 Å². The molecule has 0 N–H and O–H groups in total. The molecule has 0 aromatic heterocycles. The van der Waals surface area contributed by atoms with E-state index < -0.39 is 0 Å². The third-order valence-corrected chi connectivity index (χ3v) is 3.49. The number of para-hydroxylation sites is 1. The topological polar surface area (TPSA) is 9.23 Å². The summed E-state index contributed by atoms with van der Waals surface area (Å²) in [6.07, 6.45) is 7.64. The predicted octanol–water partition coefficient (Wildman–Crippen LogP) is 3.65. The van der Waals surface area contributed by atoms with Gasteiger partial charge in [0.1, 0.15) is 5.75 Å². The van der Waals surface area contributed by atoms with Crippen molar-refractivity contribution in [3.8, 4) is 5.75 Å². The van der Waals surface area contributed by atoms with Crippen molar-refractivity contribution in [2.45, 2.75) is 25.7 Å². The number of hydrogen-bond acceptors (Lipinski definition) is 1. The Labute approximate surface area is 90.8 Å². The zero-order valence-electron chi connectivity index (χ0n) is 8.91. The van der Waals surface area contributed by atoms with Gasteiger partial charge in [0.25, 0.3) is 0 Å². The van der Waals surface area contributed by atoms with E-state index in [0.29, 0.717) is 5.92 Å². The van der Waals surface area contributed by atoms with Crippen LogP contribution in [0.4, 0.5) is 0 Å². The molecule has 1 aliphatic heterocycles. The Morgan fingerprint density at radius 2 is 2.07 bits per heavy atom. The highest BCUT2D eigenvalue weighted by atomic mass is 16.5. The van der Waals surface area contributed by atoms with Gasteiger partial charge in [-0.3, -0.25) is 0 Å². The normalized spacial score (nSPS) is 24.3. The lowest BCUT2D eigenvalue weighted by Crippen LogP contribution is -2.16. The first-order chi connectivity index (χ1) is 7.43. The number of benzene rings is 1. The van der Waals surface area contributed by atoms with Gasteiger partial charge in [0.05, 0.1) is 6.61 Å². The van der Waals surface area contributed by atoms with Crippen LogP contribution in [0.3, 0.4) is 0 Å². The van der Waals surface area contributed by atoms with Crippen molar-refractivity contribution in [1.82, 2.24) is 0 Å². The molecule has 0 bridgehead atoms. The summed E-state index contributed by atoms with van der Waals surface area (Å²) in [5, 5.41) is 0. The van der Waals surface area contributed by atoms with Gasteiger partial charge in [-0.15, -0.1) is 0 Å². The molecular weight excluding hydrogens is 184 g/mol. The lowest BCUT2D eigenvalue weighted by atomic mass is 9.84. The van der Waals surface area contributed by atoms with Crippen LogP contribution in [0, 0.1) is 5.92 Å². The van der Waals surface area contributed by atoms with E-state index in [0.717, 1.165) is 12.4 Å². The zero-order chi connectivity index (χ0) is 10.1. The molecule has 1 aliphatic carbocycles. The van der Waals surface area contributed by atoms with Crippen LogP contribution in [0.25, 0.3) is 6.08 Å². The molecule has 1 atom stereocenters. The Bertz CT molecular complexity index is 392. The first-order valence-electron chi connectivity index (χ1n) is 5.86. The SMILES string of the molecule is C1=C2CCCCC2COc2ccccc21. The Kier molecular flexibility index (Phi) is 2.24. The van der Waals surface area contributed by atoms with Gasteiger partial charge in [-0.05, 0) is 25.3 Å². The van der Waals surface area contributed by atoms with Gasteiger partial charge >= 0.3 is 0 Å². The molecule has 1 heterocycles. The molecule has 0 amide bonds. The van der Waals surface area contributed by atoms with Crippen LogP contribution in [-0.4, -0.2) is 6.61 Å². The van der Waals surface area contributed by atoms with Crippen LogP contribution in [0.15, 0.2) is 29.8 Å². The fourth-order valence-corrected chi connectivity index (χ4v) is 2.61. The summed E-state index contributed by atoms with van der Waals surface area (Å²) in [7, 11) is 0. The van der Waals surface area contributed by atoms with E-state index in [4.69, 9.17) is 4.74 Å². The van der Waals surface area contributed by atoms with Crippen molar-refractivity contribution in [1.29, 1.82) is 0 Å². The average molecular weight is 200 g/mol. The van der Waals surface area contributed by atoms with Crippen molar-refractivity contribution >= 4 is 6.08 Å². The highest BCUT2D eigenvalue weighted by Crippen LogP contribution is 2.35. The van der Waals surface area contributed by atoms with Crippen molar-refractivity contribution in [3.63, 3.8) is 0 Å². The number of hydrogen-bond donors (Lipinski definition) is 0. The smallest absolute Gasteiger partial charge is 0.126 e. The molecule has 15 heavy (non-hydrogen) atoms. The maximum atomic E-state index is 5.87. The molecule has 3 rings (SSSR count). The summed E-state index contributed by atoms with van der Waals surface area (Å²) in [6.45, 7) is 0.878. The lowest BCUT2D eigenvalue weighted by Gasteiger charge is -2.23. The largest absolute Gasteiger partial charge is 0.492 e. The number of ether oxygens (including phenoxy) is 1. The maximum absolute atomic E-state index is 5.87. The van der Waals surface area contributed by atoms with E-state index in [2.05, 4.69) is 24.3 Å². The quantitative estimate of drug-likeness (QED) is 0.621. The molecule has 1 aromatic rings. The molecule has 1 unspecified atom stereocenters. The number of fused-ring (bicyclic) bond motifs is 2. The molecule has 1 nitrogen and oxygen atoms in total. The van der Waals surface area contributed by atoms with Crippen LogP contribution in [0.2, 0.25) is 0 Å². The van der Waals surface area contributed by atoms with E-state index in [1.54, 1.807) is 5.57 Å². The van der Waals surface area contributed by atoms with E-state index in [1.165, 1.54) is 31.2 Å². The molecule has 0 radical (unpaired) electrons. The fraction of sp³-hybridized carbons (Fsp3) is 0.429. The molecule has 1 aromatic carbocycles. The molecule has 0 spiro atoms. The molecule has 1 fully saturated rings. The third kappa shape index (κ3) is 1.67. The van der Waals surface area contributed by atoms with E-state index in [9.17, 15) is 0 Å². The minimum atomic E-state index is 0.672. The van der Waals surface area contributed by atoms with Gasteiger partial charge in [-0.1, -0.05) is 36.3 Å². The van der Waals surface area contributed by atoms with Crippen LogP contribution in [0.5, 0.6) is 5.75 Å². The van der Waals surface area contributed by atoms with E-state index in [-0.39, 0.29) is 0 Å². The van der Waals surface area contributed by atoms with Gasteiger partial charge in [0.2, 0.25) is 0 Å². The summed E-state index contributed by atoms with van der Waals surface area (Å²) in [5.41, 5.74) is 2.86. The third-order valence-electron chi connectivity index (χ3n) is 3.49. The minimum Gasteiger partial charge on any atom is -0.492 e. The fourth-order valence-electron chi connectivity index (χ4n) is 2.61. The average Bonchev–Trinajstić information content (AvgIpc) is 2.48. The molecule has 0 saturated heterocycles. The van der Waals surface area contributed by atoms with Gasteiger partial charge in [0, 0.05) is 11.5 Å². The Morgan fingerprint density at radius 1 is 1.13 bits per heavy atom. The lowest BCUT2D eigenvalue weighted by molar-refractivity contribution is 0.250. The maximum Gasteiger partial charge on any atom is 0.126 e. The van der Waals surface area contributed by atoms with E-state index in [1.807, 2.05) is 6.07 Å². The summed E-state index contributed by atoms with van der Waals surface area (Å²) in [4.78, 5) is 0. The monoisotopic (exact) mass is 200 g/mol. The van der Waals surface area contributed by atoms with Gasteiger partial charge in [0.15, 0.2) is 0 Å². The summed E-state index contributed by atoms with van der Waals surface area (Å²) in [6, 6.07) is 8.36. The second-order valence-corrected chi connectivity index (χ2v) is 4.51. The van der Waals surface area contributed by atoms with Crippen LogP contribution < -0.4 is 4.74 Å². The summed E-state index contributed by atoms with van der Waals surface area (Å²) in [5.74, 6) is 1.73. The predicted molar refractivity (Wildman–Crippen MR) is 61.9 cm³/mol. The second-order valence-electron chi connectivity index (χ2n) is 4.51. The second kappa shape index (κ2) is 3.73. The molecular formula is C14H16O. The summed E-state index contributed by atoms with van der Waals surface area (Å²) < 4.78 is 5.87. The Hall–Kier alpha value is -1.24. The number of rotatable bonds is 0. The highest BCUT2D eigenvalue weighted by Gasteiger charge is 2.22. The molecule has 2 aliphatic rings. The van der Waals surface area contributed by atoms with Crippen molar-refractivity contribution < 1.29 is 4.74 Å². The van der Waals surface area contributed by atoms with E-state index >= 15 is 0 Å². The van der Waals surface area contributed by atoms with Gasteiger partial charge in [-0.2, -0.15) is 0 Å². The first kappa shape index (κ1) is 9.02. The molecule has 78 valence electrons. The Morgan fingerprint density at radius 3 is 3.07 bits per heavy atom. The van der Waals surface area contributed by atoms with Crippen LogP contribution in [-0.2, 0) is 0 Å². The van der Waals surface area contributed by atoms with Crippen molar-refractivity contribution in [2.24, 2.45) is 5.92 Å². The standard InChI is InChI=1S/C14H16O/c1-2-7-13-10-15-14-8-4-3-6-12(14)9-11(13)5-1/h3-4,6,8-9,13H,1-2,5,7,10H2. The minimum absolute atomic E-state index is 0.672. The van der Waals surface area contributed by atoms with Crippen LogP contribution in [0.1, 0.15) is 31.2 Å². The zero-order valence-corrected chi connectivity index (χ0v) is 8.91. The van der Waals surface area contributed by atoms with Gasteiger partial charge < -0.3 is 4.74 Å². The van der Waals surface area contributed by atoms with Crippen molar-refractivity contribution in [3.05, 3.63) is 35.4 Å². The first-order valence-corrected chi connectivity index (χ1v) is 5.86. The molecule has 1 saturated carbocycles. The Balaban J connectivity index is 2.00. The highest BCUT2D eigenvalue weighted by molar-refractivity contribution is 5.61. The van der Waals surface area contributed by atoms with Gasteiger partial charge in [-0.25, -0.2) is 0 Å².